The number of imidazole rings is 1. The number of nitrogens with one attached hydrogen (secondary N) is 1. The molecule has 0 fully saturated rings. The fourth-order valence-electron chi connectivity index (χ4n) is 2.44. The Kier molecular flexibility index (Phi) is 3.62. The van der Waals surface area contributed by atoms with E-state index in [1.807, 2.05) is 48.9 Å². The van der Waals surface area contributed by atoms with Gasteiger partial charge in [0.2, 0.25) is 10.0 Å². The Morgan fingerprint density at radius 1 is 1.18 bits per heavy atom. The van der Waals surface area contributed by atoms with Gasteiger partial charge >= 0.3 is 0 Å². The number of aromatic nitrogens is 2. The second-order valence-electron chi connectivity index (χ2n) is 5.41. The summed E-state index contributed by atoms with van der Waals surface area (Å²) in [5.74, 6) is -0.0467. The highest BCUT2D eigenvalue weighted by molar-refractivity contribution is 7.91. The van der Waals surface area contributed by atoms with Crippen molar-refractivity contribution in [2.45, 2.75) is 12.7 Å². The van der Waals surface area contributed by atoms with Gasteiger partial charge < -0.3 is 4.57 Å². The first-order valence-electron chi connectivity index (χ1n) is 6.90. The Balaban J connectivity index is 1.83. The van der Waals surface area contributed by atoms with Crippen LogP contribution in [0.4, 0.5) is 5.69 Å². The van der Waals surface area contributed by atoms with Crippen LogP contribution < -0.4 is 4.72 Å². The van der Waals surface area contributed by atoms with Gasteiger partial charge in [0.1, 0.15) is 0 Å². The lowest BCUT2D eigenvalue weighted by atomic mass is 10.2. The SMILES string of the molecule is Cc1cccc(CS(=O)(=O)Nc2ccc3c(c2)ncn3C)c1. The van der Waals surface area contributed by atoms with Crippen LogP contribution in [0.25, 0.3) is 11.0 Å². The van der Waals surface area contributed by atoms with Crippen molar-refractivity contribution < 1.29 is 8.42 Å². The first-order chi connectivity index (χ1) is 10.4. The van der Waals surface area contributed by atoms with Crippen molar-refractivity contribution in [3.8, 4) is 0 Å². The molecule has 0 saturated carbocycles. The van der Waals surface area contributed by atoms with Gasteiger partial charge in [-0.2, -0.15) is 0 Å². The third kappa shape index (κ3) is 3.12. The van der Waals surface area contributed by atoms with Gasteiger partial charge in [-0.1, -0.05) is 29.8 Å². The number of benzene rings is 2. The molecule has 2 aromatic carbocycles. The van der Waals surface area contributed by atoms with E-state index in [0.29, 0.717) is 5.69 Å². The Hall–Kier alpha value is -2.34. The lowest BCUT2D eigenvalue weighted by Crippen LogP contribution is -2.15. The molecule has 0 aliphatic rings. The van der Waals surface area contributed by atoms with Gasteiger partial charge in [-0.05, 0) is 30.7 Å². The fourth-order valence-corrected chi connectivity index (χ4v) is 3.61. The zero-order valence-electron chi connectivity index (χ0n) is 12.4. The van der Waals surface area contributed by atoms with E-state index in [4.69, 9.17) is 0 Å². The summed E-state index contributed by atoms with van der Waals surface area (Å²) in [5, 5.41) is 0. The Morgan fingerprint density at radius 2 is 2.00 bits per heavy atom. The van der Waals surface area contributed by atoms with Gasteiger partial charge in [0.05, 0.1) is 28.8 Å². The van der Waals surface area contributed by atoms with Gasteiger partial charge in [0, 0.05) is 7.05 Å². The third-order valence-electron chi connectivity index (χ3n) is 3.44. The van der Waals surface area contributed by atoms with E-state index in [0.717, 1.165) is 22.2 Å². The summed E-state index contributed by atoms with van der Waals surface area (Å²) in [7, 11) is -1.55. The zero-order chi connectivity index (χ0) is 15.7. The van der Waals surface area contributed by atoms with E-state index in [2.05, 4.69) is 9.71 Å². The van der Waals surface area contributed by atoms with Crippen LogP contribution in [0, 0.1) is 6.92 Å². The summed E-state index contributed by atoms with van der Waals surface area (Å²) in [6.07, 6.45) is 1.70. The molecule has 3 aromatic rings. The molecule has 1 aromatic heterocycles. The maximum Gasteiger partial charge on any atom is 0.236 e. The second-order valence-corrected chi connectivity index (χ2v) is 7.13. The summed E-state index contributed by atoms with van der Waals surface area (Å²) in [4.78, 5) is 4.23. The fraction of sp³-hybridized carbons (Fsp3) is 0.188. The molecule has 1 heterocycles. The number of hydrogen-bond donors (Lipinski definition) is 1. The Labute approximate surface area is 129 Å². The molecule has 0 radical (unpaired) electrons. The number of sulfonamides is 1. The van der Waals surface area contributed by atoms with Gasteiger partial charge in [-0.25, -0.2) is 13.4 Å². The molecule has 0 aliphatic heterocycles. The van der Waals surface area contributed by atoms with E-state index in [1.165, 1.54) is 0 Å². The normalized spacial score (nSPS) is 11.7. The first kappa shape index (κ1) is 14.6. The molecule has 0 spiro atoms. The average Bonchev–Trinajstić information content (AvgIpc) is 2.79. The van der Waals surface area contributed by atoms with Crippen LogP contribution in [-0.2, 0) is 22.8 Å². The summed E-state index contributed by atoms with van der Waals surface area (Å²) in [6, 6.07) is 12.8. The average molecular weight is 315 g/mol. The van der Waals surface area contributed by atoms with E-state index in [1.54, 1.807) is 18.5 Å². The molecule has 114 valence electrons. The maximum absolute atomic E-state index is 12.3. The van der Waals surface area contributed by atoms with Crippen molar-refractivity contribution in [3.05, 3.63) is 59.9 Å². The minimum Gasteiger partial charge on any atom is -0.334 e. The van der Waals surface area contributed by atoms with Crippen molar-refractivity contribution in [1.29, 1.82) is 0 Å². The minimum absolute atomic E-state index is 0.0467. The molecular formula is C16H17N3O2S. The van der Waals surface area contributed by atoms with Gasteiger partial charge in [0.25, 0.3) is 0 Å². The van der Waals surface area contributed by atoms with Crippen molar-refractivity contribution >= 4 is 26.7 Å². The predicted octanol–water partition coefficient (Wildman–Crippen LogP) is 2.82. The van der Waals surface area contributed by atoms with Crippen molar-refractivity contribution in [3.63, 3.8) is 0 Å². The number of aryl methyl sites for hydroxylation is 2. The first-order valence-corrected chi connectivity index (χ1v) is 8.55. The highest BCUT2D eigenvalue weighted by atomic mass is 32.2. The van der Waals surface area contributed by atoms with Crippen LogP contribution >= 0.6 is 0 Å². The molecule has 0 amide bonds. The zero-order valence-corrected chi connectivity index (χ0v) is 13.3. The van der Waals surface area contributed by atoms with Crippen LogP contribution in [0.15, 0.2) is 48.8 Å². The van der Waals surface area contributed by atoms with Gasteiger partial charge in [0.15, 0.2) is 0 Å². The van der Waals surface area contributed by atoms with Crippen LogP contribution in [0.5, 0.6) is 0 Å². The van der Waals surface area contributed by atoms with Crippen LogP contribution in [0.3, 0.4) is 0 Å². The molecule has 6 heteroatoms. The monoisotopic (exact) mass is 315 g/mol. The maximum atomic E-state index is 12.3. The lowest BCUT2D eigenvalue weighted by Gasteiger charge is -2.09. The Bertz CT molecular complexity index is 929. The highest BCUT2D eigenvalue weighted by Gasteiger charge is 2.12. The summed E-state index contributed by atoms with van der Waals surface area (Å²) in [5.41, 5.74) is 4.06. The third-order valence-corrected chi connectivity index (χ3v) is 4.70. The number of fused-ring (bicyclic) bond motifs is 1. The van der Waals surface area contributed by atoms with E-state index >= 15 is 0 Å². The van der Waals surface area contributed by atoms with Crippen LogP contribution in [0.2, 0.25) is 0 Å². The summed E-state index contributed by atoms with van der Waals surface area (Å²) < 4.78 is 29.1. The quantitative estimate of drug-likeness (QED) is 0.805. The lowest BCUT2D eigenvalue weighted by molar-refractivity contribution is 0.600. The minimum atomic E-state index is -3.45. The van der Waals surface area contributed by atoms with Crippen LogP contribution in [0.1, 0.15) is 11.1 Å². The molecule has 0 aliphatic carbocycles. The van der Waals surface area contributed by atoms with Crippen molar-refractivity contribution in [2.75, 3.05) is 4.72 Å². The second kappa shape index (κ2) is 5.46. The molecule has 22 heavy (non-hydrogen) atoms. The predicted molar refractivity (Wildman–Crippen MR) is 88.1 cm³/mol. The molecule has 0 saturated heterocycles. The Morgan fingerprint density at radius 3 is 2.77 bits per heavy atom. The van der Waals surface area contributed by atoms with Gasteiger partial charge in [-0.15, -0.1) is 0 Å². The largest absolute Gasteiger partial charge is 0.334 e. The van der Waals surface area contributed by atoms with Crippen molar-refractivity contribution in [1.82, 2.24) is 9.55 Å². The highest BCUT2D eigenvalue weighted by Crippen LogP contribution is 2.19. The molecule has 5 nitrogen and oxygen atoms in total. The standard InChI is InChI=1S/C16H17N3O2S/c1-12-4-3-5-13(8-12)10-22(20,21)18-14-6-7-16-15(9-14)17-11-19(16)2/h3-9,11,18H,10H2,1-2H3. The molecule has 1 N–H and O–H groups in total. The van der Waals surface area contributed by atoms with E-state index in [-0.39, 0.29) is 5.75 Å². The van der Waals surface area contributed by atoms with E-state index in [9.17, 15) is 8.42 Å². The van der Waals surface area contributed by atoms with Gasteiger partial charge in [-0.3, -0.25) is 4.72 Å². The number of nitrogens with zero attached hydrogens (tertiary/aromatic N) is 2. The van der Waals surface area contributed by atoms with Crippen LogP contribution in [-0.4, -0.2) is 18.0 Å². The molecular weight excluding hydrogens is 298 g/mol. The molecule has 0 bridgehead atoms. The number of rotatable bonds is 4. The van der Waals surface area contributed by atoms with Crippen molar-refractivity contribution in [2.24, 2.45) is 7.05 Å². The summed E-state index contributed by atoms with van der Waals surface area (Å²) >= 11 is 0. The molecule has 0 unspecified atom stereocenters. The summed E-state index contributed by atoms with van der Waals surface area (Å²) in [6.45, 7) is 1.94. The molecule has 0 atom stereocenters. The number of anilines is 1. The smallest absolute Gasteiger partial charge is 0.236 e. The molecule has 3 rings (SSSR count). The number of hydrogen-bond acceptors (Lipinski definition) is 3. The van der Waals surface area contributed by atoms with E-state index < -0.39 is 10.0 Å². The topological polar surface area (TPSA) is 64.0 Å².